The minimum absolute atomic E-state index is 0.0438. The second-order valence-electron chi connectivity index (χ2n) is 5.58. The highest BCUT2D eigenvalue weighted by Crippen LogP contribution is 2.25. The third kappa shape index (κ3) is 3.73. The van der Waals surface area contributed by atoms with Crippen molar-refractivity contribution in [1.29, 1.82) is 0 Å². The maximum atomic E-state index is 13.4. The molecule has 0 radical (unpaired) electrons. The average Bonchev–Trinajstić information content (AvgIpc) is 2.47. The molecule has 1 N–H and O–H groups in total. The van der Waals surface area contributed by atoms with Crippen molar-refractivity contribution < 1.29 is 19.0 Å². The number of benzene rings is 1. The summed E-state index contributed by atoms with van der Waals surface area (Å²) in [5, 5.41) is 9.59. The maximum Gasteiger partial charge on any atom is 0.254 e. The molecule has 4 nitrogen and oxygen atoms in total. The normalized spacial score (nSPS) is 20.2. The highest BCUT2D eigenvalue weighted by atomic mass is 19.1. The highest BCUT2D eigenvalue weighted by Gasteiger charge is 2.28. The van der Waals surface area contributed by atoms with Gasteiger partial charge in [-0.15, -0.1) is 0 Å². The van der Waals surface area contributed by atoms with Gasteiger partial charge in [-0.25, -0.2) is 4.39 Å². The van der Waals surface area contributed by atoms with Gasteiger partial charge in [0.15, 0.2) is 11.6 Å². The lowest BCUT2D eigenvalue weighted by Crippen LogP contribution is -2.45. The van der Waals surface area contributed by atoms with Gasteiger partial charge in [-0.1, -0.05) is 0 Å². The Kier molecular flexibility index (Phi) is 5.17. The molecule has 1 saturated heterocycles. The Labute approximate surface area is 124 Å². The van der Waals surface area contributed by atoms with Gasteiger partial charge in [0.05, 0.1) is 13.2 Å². The summed E-state index contributed by atoms with van der Waals surface area (Å²) in [4.78, 5) is 14.4. The summed E-state index contributed by atoms with van der Waals surface area (Å²) in [6.45, 7) is 2.41. The number of hydrogen-bond acceptors (Lipinski definition) is 3. The summed E-state index contributed by atoms with van der Waals surface area (Å²) in [7, 11) is 1.38. The lowest BCUT2D eigenvalue weighted by Gasteiger charge is -2.36. The van der Waals surface area contributed by atoms with Crippen molar-refractivity contribution in [2.24, 2.45) is 0 Å². The zero-order valence-electron chi connectivity index (χ0n) is 12.5. The number of amides is 1. The van der Waals surface area contributed by atoms with Gasteiger partial charge < -0.3 is 14.7 Å². The summed E-state index contributed by atoms with van der Waals surface area (Å²) in [6.07, 6.45) is 3.05. The molecule has 1 heterocycles. The van der Waals surface area contributed by atoms with Crippen LogP contribution in [0.3, 0.4) is 0 Å². The van der Waals surface area contributed by atoms with E-state index in [1.807, 2.05) is 0 Å². The zero-order chi connectivity index (χ0) is 15.4. The maximum absolute atomic E-state index is 13.4. The van der Waals surface area contributed by atoms with Crippen LogP contribution < -0.4 is 4.74 Å². The predicted octanol–water partition coefficient (Wildman–Crippen LogP) is 2.60. The van der Waals surface area contributed by atoms with Crippen molar-refractivity contribution in [3.63, 3.8) is 0 Å². The van der Waals surface area contributed by atoms with Crippen molar-refractivity contribution in [2.75, 3.05) is 13.7 Å². The number of hydrogen-bond donors (Lipinski definition) is 1. The molecule has 116 valence electrons. The van der Waals surface area contributed by atoms with Crippen LogP contribution in [-0.4, -0.2) is 41.7 Å². The van der Waals surface area contributed by atoms with E-state index >= 15 is 0 Å². The number of carbonyl (C=O) groups excluding carboxylic acids is 1. The Hall–Kier alpha value is -1.62. The first kappa shape index (κ1) is 15.8. The van der Waals surface area contributed by atoms with Gasteiger partial charge in [-0.05, 0) is 50.8 Å². The molecule has 1 fully saturated rings. The molecule has 1 amide bonds. The van der Waals surface area contributed by atoms with E-state index < -0.39 is 11.9 Å². The Bertz CT molecular complexity index is 504. The molecule has 5 heteroatoms. The molecule has 1 aromatic rings. The Balaban J connectivity index is 2.20. The van der Waals surface area contributed by atoms with E-state index in [-0.39, 0.29) is 17.7 Å². The van der Waals surface area contributed by atoms with Crippen LogP contribution in [0.5, 0.6) is 5.75 Å². The summed E-state index contributed by atoms with van der Waals surface area (Å²) >= 11 is 0. The smallest absolute Gasteiger partial charge is 0.254 e. The van der Waals surface area contributed by atoms with Crippen LogP contribution >= 0.6 is 0 Å². The molecule has 2 atom stereocenters. The first-order valence-corrected chi connectivity index (χ1v) is 7.35. The molecular formula is C16H22FNO3. The Morgan fingerprint density at radius 2 is 2.29 bits per heavy atom. The van der Waals surface area contributed by atoms with Gasteiger partial charge in [0.1, 0.15) is 0 Å². The molecule has 1 aromatic carbocycles. The predicted molar refractivity (Wildman–Crippen MR) is 77.9 cm³/mol. The standard InChI is InChI=1S/C16H22FNO3/c1-11(19)9-13-5-3-4-8-18(13)16(20)12-6-7-14(17)15(10-12)21-2/h6-7,10-11,13,19H,3-5,8-9H2,1-2H3. The molecule has 0 aromatic heterocycles. The second kappa shape index (κ2) is 6.89. The molecular weight excluding hydrogens is 273 g/mol. The third-order valence-corrected chi connectivity index (χ3v) is 3.90. The van der Waals surface area contributed by atoms with E-state index in [1.165, 1.54) is 25.3 Å². The minimum Gasteiger partial charge on any atom is -0.494 e. The highest BCUT2D eigenvalue weighted by molar-refractivity contribution is 5.95. The first-order valence-electron chi connectivity index (χ1n) is 7.35. The number of carbonyl (C=O) groups is 1. The van der Waals surface area contributed by atoms with Crippen molar-refractivity contribution >= 4 is 5.91 Å². The average molecular weight is 295 g/mol. The number of rotatable bonds is 4. The van der Waals surface area contributed by atoms with Crippen LogP contribution in [0.25, 0.3) is 0 Å². The molecule has 0 bridgehead atoms. The molecule has 0 spiro atoms. The van der Waals surface area contributed by atoms with Crippen LogP contribution in [0.2, 0.25) is 0 Å². The summed E-state index contributed by atoms with van der Waals surface area (Å²) in [6, 6.07) is 4.21. The largest absolute Gasteiger partial charge is 0.494 e. The molecule has 21 heavy (non-hydrogen) atoms. The molecule has 0 aliphatic carbocycles. The van der Waals surface area contributed by atoms with Gasteiger partial charge >= 0.3 is 0 Å². The van der Waals surface area contributed by atoms with Crippen LogP contribution in [0.15, 0.2) is 18.2 Å². The summed E-state index contributed by atoms with van der Waals surface area (Å²) in [5.74, 6) is -0.531. The number of aliphatic hydroxyl groups excluding tert-OH is 1. The number of ether oxygens (including phenoxy) is 1. The molecule has 1 aliphatic rings. The quantitative estimate of drug-likeness (QED) is 0.929. The lowest BCUT2D eigenvalue weighted by atomic mass is 9.96. The third-order valence-electron chi connectivity index (χ3n) is 3.90. The molecule has 2 rings (SSSR count). The number of methoxy groups -OCH3 is 1. The lowest BCUT2D eigenvalue weighted by molar-refractivity contribution is 0.0514. The van der Waals surface area contributed by atoms with E-state index in [9.17, 15) is 14.3 Å². The first-order chi connectivity index (χ1) is 10.0. The Morgan fingerprint density at radius 1 is 1.52 bits per heavy atom. The van der Waals surface area contributed by atoms with E-state index in [0.717, 1.165) is 19.3 Å². The van der Waals surface area contributed by atoms with E-state index in [0.29, 0.717) is 18.5 Å². The SMILES string of the molecule is COc1cc(C(=O)N2CCCCC2CC(C)O)ccc1F. The number of nitrogens with zero attached hydrogens (tertiary/aromatic N) is 1. The van der Waals surface area contributed by atoms with Crippen LogP contribution in [0.1, 0.15) is 43.0 Å². The van der Waals surface area contributed by atoms with Crippen molar-refractivity contribution in [1.82, 2.24) is 4.90 Å². The van der Waals surface area contributed by atoms with Crippen molar-refractivity contribution in [2.45, 2.75) is 44.8 Å². The van der Waals surface area contributed by atoms with E-state index in [2.05, 4.69) is 0 Å². The molecule has 2 unspecified atom stereocenters. The minimum atomic E-state index is -0.478. The fraction of sp³-hybridized carbons (Fsp3) is 0.562. The van der Waals surface area contributed by atoms with E-state index in [1.54, 1.807) is 11.8 Å². The second-order valence-corrected chi connectivity index (χ2v) is 5.58. The number of aliphatic hydroxyl groups is 1. The van der Waals surface area contributed by atoms with Gasteiger partial charge in [-0.2, -0.15) is 0 Å². The van der Waals surface area contributed by atoms with Gasteiger partial charge in [0.2, 0.25) is 0 Å². The van der Waals surface area contributed by atoms with Gasteiger partial charge in [0, 0.05) is 18.2 Å². The topological polar surface area (TPSA) is 49.8 Å². The van der Waals surface area contributed by atoms with Crippen molar-refractivity contribution in [3.05, 3.63) is 29.6 Å². The Morgan fingerprint density at radius 3 is 2.95 bits per heavy atom. The van der Waals surface area contributed by atoms with Crippen LogP contribution in [0, 0.1) is 5.82 Å². The summed E-state index contributed by atoms with van der Waals surface area (Å²) in [5.41, 5.74) is 0.422. The zero-order valence-corrected chi connectivity index (χ0v) is 12.5. The number of piperidine rings is 1. The summed E-state index contributed by atoms with van der Waals surface area (Å²) < 4.78 is 18.4. The fourth-order valence-corrected chi connectivity index (χ4v) is 2.87. The van der Waals surface area contributed by atoms with Crippen molar-refractivity contribution in [3.8, 4) is 5.75 Å². The molecule has 1 aliphatic heterocycles. The van der Waals surface area contributed by atoms with Gasteiger partial charge in [0.25, 0.3) is 5.91 Å². The van der Waals surface area contributed by atoms with E-state index in [4.69, 9.17) is 4.74 Å². The van der Waals surface area contributed by atoms with Gasteiger partial charge in [-0.3, -0.25) is 4.79 Å². The van der Waals surface area contributed by atoms with Crippen LogP contribution in [-0.2, 0) is 0 Å². The monoisotopic (exact) mass is 295 g/mol. The fourth-order valence-electron chi connectivity index (χ4n) is 2.87. The van der Waals surface area contributed by atoms with Crippen LogP contribution in [0.4, 0.5) is 4.39 Å². The number of halogens is 1. The number of likely N-dealkylation sites (tertiary alicyclic amines) is 1. The molecule has 0 saturated carbocycles.